The second kappa shape index (κ2) is 7.09. The van der Waals surface area contributed by atoms with Gasteiger partial charge in [-0.25, -0.2) is 0 Å². The van der Waals surface area contributed by atoms with Gasteiger partial charge in [0.05, 0.1) is 6.54 Å². The lowest BCUT2D eigenvalue weighted by molar-refractivity contribution is -0.115. The highest BCUT2D eigenvalue weighted by Gasteiger charge is 2.06. The van der Waals surface area contributed by atoms with Gasteiger partial charge in [0.2, 0.25) is 5.91 Å². The molecule has 0 atom stereocenters. The average Bonchev–Trinajstić information content (AvgIpc) is 2.81. The third kappa shape index (κ3) is 4.87. The van der Waals surface area contributed by atoms with E-state index in [1.807, 2.05) is 0 Å². The number of aromatic nitrogens is 1. The molecule has 1 aromatic heterocycles. The summed E-state index contributed by atoms with van der Waals surface area (Å²) in [6, 6.07) is 1.70. The Morgan fingerprint density at radius 1 is 1.47 bits per heavy atom. The average molecular weight is 263 g/mol. The van der Waals surface area contributed by atoms with E-state index in [1.165, 1.54) is 31.3 Å². The van der Waals surface area contributed by atoms with Crippen molar-refractivity contribution in [1.82, 2.24) is 10.5 Å². The maximum Gasteiger partial charge on any atom is 0.239 e. The number of hydrogen-bond acceptors (Lipinski definition) is 4. The van der Waals surface area contributed by atoms with Crippen LogP contribution < -0.4 is 10.6 Å². The van der Waals surface area contributed by atoms with Crippen molar-refractivity contribution in [2.75, 3.05) is 18.4 Å². The van der Waals surface area contributed by atoms with Crippen molar-refractivity contribution in [3.05, 3.63) is 23.5 Å². The summed E-state index contributed by atoms with van der Waals surface area (Å²) in [5.41, 5.74) is 1.52. The van der Waals surface area contributed by atoms with Gasteiger partial charge in [0.1, 0.15) is 5.76 Å². The van der Waals surface area contributed by atoms with E-state index in [2.05, 4.69) is 21.9 Å². The Bertz CT molecular complexity index is 451. The van der Waals surface area contributed by atoms with Crippen molar-refractivity contribution in [2.24, 2.45) is 0 Å². The van der Waals surface area contributed by atoms with Crippen LogP contribution in [0.25, 0.3) is 0 Å². The lowest BCUT2D eigenvalue weighted by atomic mass is 9.97. The second-order valence-corrected chi connectivity index (χ2v) is 4.91. The molecule has 0 radical (unpaired) electrons. The highest BCUT2D eigenvalue weighted by molar-refractivity contribution is 5.91. The van der Waals surface area contributed by atoms with Gasteiger partial charge in [-0.2, -0.15) is 0 Å². The minimum atomic E-state index is -0.0917. The van der Waals surface area contributed by atoms with Gasteiger partial charge < -0.3 is 15.2 Å². The van der Waals surface area contributed by atoms with Gasteiger partial charge in [0.25, 0.3) is 0 Å². The van der Waals surface area contributed by atoms with E-state index in [4.69, 9.17) is 4.52 Å². The zero-order valence-electron chi connectivity index (χ0n) is 11.4. The SMILES string of the molecule is Cc1cc(NC(=O)CNCCC2=CCCCC2)no1. The molecule has 0 aliphatic heterocycles. The topological polar surface area (TPSA) is 67.2 Å². The first-order valence-corrected chi connectivity index (χ1v) is 6.86. The predicted octanol–water partition coefficient (Wildman–Crippen LogP) is 2.40. The lowest BCUT2D eigenvalue weighted by Gasteiger charge is -2.12. The van der Waals surface area contributed by atoms with E-state index in [0.29, 0.717) is 18.1 Å². The normalized spacial score (nSPS) is 15.1. The van der Waals surface area contributed by atoms with Crippen molar-refractivity contribution in [3.63, 3.8) is 0 Å². The van der Waals surface area contributed by atoms with Gasteiger partial charge in [-0.1, -0.05) is 16.8 Å². The molecule has 0 saturated heterocycles. The van der Waals surface area contributed by atoms with Crippen LogP contribution in [-0.4, -0.2) is 24.2 Å². The molecule has 0 spiro atoms. The molecule has 1 heterocycles. The Morgan fingerprint density at radius 2 is 2.37 bits per heavy atom. The first-order valence-electron chi connectivity index (χ1n) is 6.86. The largest absolute Gasteiger partial charge is 0.360 e. The number of amides is 1. The van der Waals surface area contributed by atoms with Crippen molar-refractivity contribution in [1.29, 1.82) is 0 Å². The fourth-order valence-corrected chi connectivity index (χ4v) is 2.19. The number of hydrogen-bond donors (Lipinski definition) is 2. The maximum absolute atomic E-state index is 11.6. The van der Waals surface area contributed by atoms with Gasteiger partial charge in [-0.3, -0.25) is 4.79 Å². The number of allylic oxidation sites excluding steroid dienone is 1. The number of nitrogens with zero attached hydrogens (tertiary/aromatic N) is 1. The second-order valence-electron chi connectivity index (χ2n) is 4.91. The fourth-order valence-electron chi connectivity index (χ4n) is 2.19. The Kier molecular flexibility index (Phi) is 5.15. The summed E-state index contributed by atoms with van der Waals surface area (Å²) in [4.78, 5) is 11.6. The molecule has 2 rings (SSSR count). The highest BCUT2D eigenvalue weighted by atomic mass is 16.5. The van der Waals surface area contributed by atoms with E-state index in [0.717, 1.165) is 13.0 Å². The molecular formula is C14H21N3O2. The number of nitrogens with one attached hydrogen (secondary N) is 2. The summed E-state index contributed by atoms with van der Waals surface area (Å²) in [6.07, 6.45) is 8.42. The van der Waals surface area contributed by atoms with Crippen molar-refractivity contribution >= 4 is 11.7 Å². The van der Waals surface area contributed by atoms with Gasteiger partial charge in [0, 0.05) is 6.07 Å². The molecule has 5 heteroatoms. The number of rotatable bonds is 6. The molecule has 0 bridgehead atoms. The zero-order valence-corrected chi connectivity index (χ0v) is 11.4. The van der Waals surface area contributed by atoms with Crippen molar-refractivity contribution in [3.8, 4) is 0 Å². The Hall–Kier alpha value is -1.62. The molecule has 1 aromatic rings. The Balaban J connectivity index is 1.60. The smallest absolute Gasteiger partial charge is 0.239 e. The quantitative estimate of drug-likeness (QED) is 0.611. The predicted molar refractivity (Wildman–Crippen MR) is 73.9 cm³/mol. The molecule has 0 aromatic carbocycles. The summed E-state index contributed by atoms with van der Waals surface area (Å²) in [5, 5.41) is 9.54. The number of carbonyl (C=O) groups excluding carboxylic acids is 1. The number of anilines is 1. The zero-order chi connectivity index (χ0) is 13.5. The molecule has 5 nitrogen and oxygen atoms in total. The van der Waals surface area contributed by atoms with E-state index in [-0.39, 0.29) is 5.91 Å². The fraction of sp³-hybridized carbons (Fsp3) is 0.571. The third-order valence-electron chi connectivity index (χ3n) is 3.19. The van der Waals surface area contributed by atoms with E-state index in [9.17, 15) is 4.79 Å². The summed E-state index contributed by atoms with van der Waals surface area (Å²) in [5.74, 6) is 1.07. The summed E-state index contributed by atoms with van der Waals surface area (Å²) >= 11 is 0. The molecule has 0 unspecified atom stereocenters. The van der Waals surface area contributed by atoms with Crippen LogP contribution in [0.1, 0.15) is 37.9 Å². The van der Waals surface area contributed by atoms with Crippen molar-refractivity contribution < 1.29 is 9.32 Å². The van der Waals surface area contributed by atoms with Crippen LogP contribution in [0, 0.1) is 6.92 Å². The molecule has 1 amide bonds. The van der Waals surface area contributed by atoms with E-state index in [1.54, 1.807) is 13.0 Å². The first-order chi connectivity index (χ1) is 9.24. The lowest BCUT2D eigenvalue weighted by Crippen LogP contribution is -2.29. The first kappa shape index (κ1) is 13.8. The van der Waals surface area contributed by atoms with Crippen LogP contribution in [0.5, 0.6) is 0 Å². The Morgan fingerprint density at radius 3 is 3.05 bits per heavy atom. The molecular weight excluding hydrogens is 242 g/mol. The Labute approximate surface area is 113 Å². The van der Waals surface area contributed by atoms with Gasteiger partial charge >= 0.3 is 0 Å². The molecule has 19 heavy (non-hydrogen) atoms. The van der Waals surface area contributed by atoms with Crippen LogP contribution in [0.4, 0.5) is 5.82 Å². The van der Waals surface area contributed by atoms with Gasteiger partial charge in [0.15, 0.2) is 5.82 Å². The highest BCUT2D eigenvalue weighted by Crippen LogP contribution is 2.19. The number of carbonyl (C=O) groups is 1. The maximum atomic E-state index is 11.6. The van der Waals surface area contributed by atoms with Crippen LogP contribution in [0.15, 0.2) is 22.2 Å². The van der Waals surface area contributed by atoms with E-state index < -0.39 is 0 Å². The minimum absolute atomic E-state index is 0.0917. The summed E-state index contributed by atoms with van der Waals surface area (Å²) in [7, 11) is 0. The molecule has 0 fully saturated rings. The van der Waals surface area contributed by atoms with Crippen molar-refractivity contribution in [2.45, 2.75) is 39.0 Å². The molecule has 1 aliphatic rings. The van der Waals surface area contributed by atoms with Gasteiger partial charge in [-0.05, 0) is 45.6 Å². The molecule has 104 valence electrons. The van der Waals surface area contributed by atoms with Crippen LogP contribution >= 0.6 is 0 Å². The molecule has 1 aliphatic carbocycles. The van der Waals surface area contributed by atoms with Gasteiger partial charge in [-0.15, -0.1) is 0 Å². The summed E-state index contributed by atoms with van der Waals surface area (Å²) < 4.78 is 4.88. The number of aryl methyl sites for hydroxylation is 1. The minimum Gasteiger partial charge on any atom is -0.360 e. The standard InChI is InChI=1S/C14H21N3O2/c1-11-9-13(17-19-11)16-14(18)10-15-8-7-12-5-3-2-4-6-12/h5,9,15H,2-4,6-8,10H2,1H3,(H,16,17,18). The third-order valence-corrected chi connectivity index (χ3v) is 3.19. The summed E-state index contributed by atoms with van der Waals surface area (Å²) in [6.45, 7) is 2.94. The van der Waals surface area contributed by atoms with Crippen LogP contribution in [-0.2, 0) is 4.79 Å². The van der Waals surface area contributed by atoms with Crippen LogP contribution in [0.2, 0.25) is 0 Å². The monoisotopic (exact) mass is 263 g/mol. The molecule has 0 saturated carbocycles. The van der Waals surface area contributed by atoms with Crippen LogP contribution in [0.3, 0.4) is 0 Å². The van der Waals surface area contributed by atoms with E-state index >= 15 is 0 Å². The molecule has 2 N–H and O–H groups in total.